The molecular weight excluding hydrogens is 428 g/mol. The second-order valence-electron chi connectivity index (χ2n) is 10.5. The fourth-order valence-electron chi connectivity index (χ4n) is 6.95. The number of likely N-dealkylation sites (N-methyl/N-ethyl adjacent to an activating group) is 1. The van der Waals surface area contributed by atoms with Crippen LogP contribution in [0.4, 0.5) is 0 Å². The molecule has 1 aromatic carbocycles. The molecule has 0 radical (unpaired) electrons. The van der Waals surface area contributed by atoms with E-state index in [4.69, 9.17) is 13.9 Å². The molecule has 2 aliphatic heterocycles. The molecule has 1 saturated carbocycles. The van der Waals surface area contributed by atoms with E-state index in [9.17, 15) is 4.79 Å². The van der Waals surface area contributed by atoms with Gasteiger partial charge in [0, 0.05) is 43.4 Å². The van der Waals surface area contributed by atoms with E-state index in [1.54, 1.807) is 31.8 Å². The molecule has 4 atom stereocenters. The molecule has 6 heteroatoms. The first-order chi connectivity index (χ1) is 16.6. The first-order valence-corrected chi connectivity index (χ1v) is 12.4. The molecule has 0 unspecified atom stereocenters. The molecular formula is C28H30N2O4. The Bertz CT molecular complexity index is 1210. The third kappa shape index (κ3) is 2.75. The van der Waals surface area contributed by atoms with Crippen LogP contribution in [0.5, 0.6) is 11.5 Å². The topological polar surface area (TPSA) is 55.2 Å². The number of hydrogen-bond donors (Lipinski definition) is 0. The number of rotatable bonds is 6. The van der Waals surface area contributed by atoms with Crippen LogP contribution in [0, 0.1) is 5.92 Å². The fraction of sp³-hybridized carbons (Fsp3) is 0.464. The highest BCUT2D eigenvalue weighted by atomic mass is 16.5. The molecule has 6 nitrogen and oxygen atoms in total. The van der Waals surface area contributed by atoms with Crippen molar-refractivity contribution in [3.05, 3.63) is 65.1 Å². The Labute approximate surface area is 199 Å². The number of ether oxygens (including phenoxy) is 2. The van der Waals surface area contributed by atoms with E-state index in [-0.39, 0.29) is 23.5 Å². The van der Waals surface area contributed by atoms with E-state index in [2.05, 4.69) is 23.1 Å². The fourth-order valence-corrected chi connectivity index (χ4v) is 6.95. The molecule has 2 fully saturated rings. The molecule has 0 N–H and O–H groups in total. The van der Waals surface area contributed by atoms with Gasteiger partial charge in [-0.3, -0.25) is 9.69 Å². The molecule has 34 heavy (non-hydrogen) atoms. The van der Waals surface area contributed by atoms with Gasteiger partial charge in [-0.2, -0.15) is 0 Å². The lowest BCUT2D eigenvalue weighted by Gasteiger charge is -2.45. The molecule has 176 valence electrons. The maximum Gasteiger partial charge on any atom is 0.246 e. The monoisotopic (exact) mass is 458 g/mol. The average Bonchev–Trinajstić information content (AvgIpc) is 3.28. The number of furan rings is 1. The van der Waals surface area contributed by atoms with E-state index in [0.717, 1.165) is 42.4 Å². The van der Waals surface area contributed by atoms with Crippen LogP contribution in [-0.2, 0) is 16.6 Å². The smallest absolute Gasteiger partial charge is 0.246 e. The zero-order valence-electron chi connectivity index (χ0n) is 19.7. The third-order valence-electron chi connectivity index (χ3n) is 8.71. The van der Waals surface area contributed by atoms with Gasteiger partial charge < -0.3 is 18.8 Å². The van der Waals surface area contributed by atoms with Gasteiger partial charge in [-0.25, -0.2) is 0 Å². The lowest BCUT2D eigenvalue weighted by Crippen LogP contribution is -2.57. The van der Waals surface area contributed by atoms with Gasteiger partial charge in [0.15, 0.2) is 11.5 Å². The molecule has 3 aliphatic carbocycles. The SMILES string of the molecule is COc1ccc2c3c1O[C@H]1[C@H](N(C)C(=O)/C=C/c4ccoc4)CC=C4[C@@H](C2)N(CC2CC2)C[C@]431. The molecule has 1 spiro atoms. The summed E-state index contributed by atoms with van der Waals surface area (Å²) in [7, 11) is 3.62. The Morgan fingerprint density at radius 2 is 2.21 bits per heavy atom. The standard InChI is InChI=1S/C28H30N2O4/c1-29(24(31)10-5-18-11-12-33-15-18)21-8-7-20-22-13-19-6-9-23(32-2)26-25(19)28(20,27(21)34-26)16-30(22)14-17-3-4-17/h5-7,9-12,15,17,21-22,27H,3-4,8,13-14,16H2,1-2H3/b10-5+/t21-,22-,27+,28+/m1/s1. The van der Waals surface area contributed by atoms with Crippen LogP contribution in [0.25, 0.3) is 6.08 Å². The Balaban J connectivity index is 1.28. The Kier molecular flexibility index (Phi) is 4.35. The van der Waals surface area contributed by atoms with Gasteiger partial charge in [-0.15, -0.1) is 0 Å². The highest BCUT2D eigenvalue weighted by molar-refractivity contribution is 5.92. The Morgan fingerprint density at radius 1 is 1.32 bits per heavy atom. The largest absolute Gasteiger partial charge is 0.493 e. The molecule has 3 heterocycles. The lowest BCUT2D eigenvalue weighted by atomic mass is 9.61. The second-order valence-corrected chi connectivity index (χ2v) is 10.5. The van der Waals surface area contributed by atoms with Crippen molar-refractivity contribution in [2.24, 2.45) is 5.92 Å². The van der Waals surface area contributed by atoms with Crippen molar-refractivity contribution in [2.45, 2.75) is 49.3 Å². The van der Waals surface area contributed by atoms with Crippen molar-refractivity contribution in [1.29, 1.82) is 0 Å². The first-order valence-electron chi connectivity index (χ1n) is 12.4. The van der Waals surface area contributed by atoms with Gasteiger partial charge in [0.2, 0.25) is 5.91 Å². The molecule has 1 saturated heterocycles. The van der Waals surface area contributed by atoms with Crippen LogP contribution in [-0.4, -0.2) is 61.1 Å². The number of carbonyl (C=O) groups is 1. The number of benzene rings is 1. The zero-order valence-corrected chi connectivity index (χ0v) is 19.7. The zero-order chi connectivity index (χ0) is 23.0. The third-order valence-corrected chi connectivity index (χ3v) is 8.71. The average molecular weight is 459 g/mol. The maximum absolute atomic E-state index is 13.2. The summed E-state index contributed by atoms with van der Waals surface area (Å²) in [6, 6.07) is 6.54. The van der Waals surface area contributed by atoms with Crippen LogP contribution >= 0.6 is 0 Å². The van der Waals surface area contributed by atoms with Crippen molar-refractivity contribution in [1.82, 2.24) is 9.80 Å². The van der Waals surface area contributed by atoms with Crippen molar-refractivity contribution >= 4 is 12.0 Å². The minimum absolute atomic E-state index is 0.0219. The van der Waals surface area contributed by atoms with E-state index in [1.807, 2.05) is 18.0 Å². The minimum Gasteiger partial charge on any atom is -0.493 e. The van der Waals surface area contributed by atoms with Gasteiger partial charge in [-0.05, 0) is 60.9 Å². The first kappa shape index (κ1) is 20.4. The molecule has 1 aromatic heterocycles. The Morgan fingerprint density at radius 3 is 2.97 bits per heavy atom. The van der Waals surface area contributed by atoms with Gasteiger partial charge >= 0.3 is 0 Å². The summed E-state index contributed by atoms with van der Waals surface area (Å²) in [5.74, 6) is 2.51. The van der Waals surface area contributed by atoms with Gasteiger partial charge in [0.05, 0.1) is 31.1 Å². The summed E-state index contributed by atoms with van der Waals surface area (Å²) in [5, 5.41) is 0. The van der Waals surface area contributed by atoms with Crippen molar-refractivity contribution < 1.29 is 18.7 Å². The second kappa shape index (κ2) is 7.25. The van der Waals surface area contributed by atoms with Gasteiger partial charge in [-0.1, -0.05) is 12.1 Å². The van der Waals surface area contributed by atoms with E-state index in [0.29, 0.717) is 6.04 Å². The summed E-state index contributed by atoms with van der Waals surface area (Å²) in [5.41, 5.74) is 4.91. The number of amides is 1. The van der Waals surface area contributed by atoms with Crippen molar-refractivity contribution in [3.63, 3.8) is 0 Å². The Hall–Kier alpha value is -2.99. The summed E-state index contributed by atoms with van der Waals surface area (Å²) in [6.45, 7) is 2.14. The predicted octanol–water partition coefficient (Wildman–Crippen LogP) is 3.81. The summed E-state index contributed by atoms with van der Waals surface area (Å²) in [6.07, 6.45) is 13.6. The molecule has 7 rings (SSSR count). The highest BCUT2D eigenvalue weighted by Gasteiger charge is 2.66. The van der Waals surface area contributed by atoms with E-state index in [1.165, 1.54) is 36.1 Å². The predicted molar refractivity (Wildman–Crippen MR) is 128 cm³/mol. The van der Waals surface area contributed by atoms with Gasteiger partial charge in [0.1, 0.15) is 6.10 Å². The van der Waals surface area contributed by atoms with Crippen LogP contribution in [0.15, 0.2) is 52.9 Å². The van der Waals surface area contributed by atoms with Crippen LogP contribution < -0.4 is 9.47 Å². The van der Waals surface area contributed by atoms with E-state index >= 15 is 0 Å². The van der Waals surface area contributed by atoms with Crippen molar-refractivity contribution in [3.8, 4) is 11.5 Å². The van der Waals surface area contributed by atoms with Crippen LogP contribution in [0.2, 0.25) is 0 Å². The molecule has 2 aromatic rings. The normalized spacial score (nSPS) is 30.8. The van der Waals surface area contributed by atoms with Gasteiger partial charge in [0.25, 0.3) is 0 Å². The van der Waals surface area contributed by atoms with Crippen LogP contribution in [0.3, 0.4) is 0 Å². The summed E-state index contributed by atoms with van der Waals surface area (Å²) in [4.78, 5) is 17.8. The minimum atomic E-state index is -0.192. The number of nitrogens with zero attached hydrogens (tertiary/aromatic N) is 2. The number of likely N-dealkylation sites (tertiary alicyclic amines) is 1. The molecule has 5 aliphatic rings. The molecule has 1 amide bonds. The summed E-state index contributed by atoms with van der Waals surface area (Å²) < 4.78 is 17.7. The maximum atomic E-state index is 13.2. The summed E-state index contributed by atoms with van der Waals surface area (Å²) >= 11 is 0. The lowest BCUT2D eigenvalue weighted by molar-refractivity contribution is -0.129. The number of methoxy groups -OCH3 is 1. The quantitative estimate of drug-likeness (QED) is 0.487. The molecule has 2 bridgehead atoms. The van der Waals surface area contributed by atoms with Crippen molar-refractivity contribution in [2.75, 3.05) is 27.2 Å². The highest BCUT2D eigenvalue weighted by Crippen LogP contribution is 2.63. The van der Waals surface area contributed by atoms with E-state index < -0.39 is 0 Å². The van der Waals surface area contributed by atoms with Crippen LogP contribution in [0.1, 0.15) is 36.0 Å². The number of hydrogen-bond acceptors (Lipinski definition) is 5. The number of carbonyl (C=O) groups excluding carboxylic acids is 1.